The Kier molecular flexibility index (Phi) is 6.39. The zero-order chi connectivity index (χ0) is 24.0. The number of amides is 1. The van der Waals surface area contributed by atoms with Crippen molar-refractivity contribution in [3.8, 4) is 22.7 Å². The molecule has 7 nitrogen and oxygen atoms in total. The molecule has 0 bridgehead atoms. The standard InChI is InChI=1S/C28H24N4O3/c1-2-16-34-24-14-12-20(13-15-24)27-22(19-32(31-27)23-9-4-3-5-10-23)18-29-30-28(33)26-17-21-8-6-7-11-25(21)35-26/h3-15,17-19H,2,16H2,1H3,(H,30,33)/b29-18+. The molecular formula is C28H24N4O3. The second-order valence-electron chi connectivity index (χ2n) is 7.93. The van der Waals surface area contributed by atoms with Gasteiger partial charge >= 0.3 is 5.91 Å². The van der Waals surface area contributed by atoms with E-state index in [1.54, 1.807) is 17.0 Å². The minimum Gasteiger partial charge on any atom is -0.494 e. The number of aromatic nitrogens is 2. The average molecular weight is 465 g/mol. The van der Waals surface area contributed by atoms with Crippen LogP contribution in [0.1, 0.15) is 29.5 Å². The fraction of sp³-hybridized carbons (Fsp3) is 0.107. The number of nitrogens with zero attached hydrogens (tertiary/aromatic N) is 3. The zero-order valence-corrected chi connectivity index (χ0v) is 19.2. The summed E-state index contributed by atoms with van der Waals surface area (Å²) in [5, 5.41) is 9.82. The van der Waals surface area contributed by atoms with Gasteiger partial charge in [-0.3, -0.25) is 4.79 Å². The van der Waals surface area contributed by atoms with Crippen molar-refractivity contribution in [1.29, 1.82) is 0 Å². The van der Waals surface area contributed by atoms with Crippen molar-refractivity contribution in [2.45, 2.75) is 13.3 Å². The Bertz CT molecular complexity index is 1430. The molecule has 0 radical (unpaired) electrons. The fourth-order valence-electron chi connectivity index (χ4n) is 3.66. The summed E-state index contributed by atoms with van der Waals surface area (Å²) >= 11 is 0. The summed E-state index contributed by atoms with van der Waals surface area (Å²) in [4.78, 5) is 12.6. The van der Waals surface area contributed by atoms with Gasteiger partial charge in [0.15, 0.2) is 5.76 Å². The molecule has 2 aromatic heterocycles. The van der Waals surface area contributed by atoms with Crippen LogP contribution in [0.25, 0.3) is 27.9 Å². The van der Waals surface area contributed by atoms with Crippen molar-refractivity contribution in [3.05, 3.63) is 102 Å². The minimum absolute atomic E-state index is 0.200. The van der Waals surface area contributed by atoms with Crippen LogP contribution in [-0.4, -0.2) is 28.5 Å². The smallest absolute Gasteiger partial charge is 0.307 e. The number of nitrogens with one attached hydrogen (secondary N) is 1. The van der Waals surface area contributed by atoms with Crippen LogP contribution >= 0.6 is 0 Å². The van der Waals surface area contributed by atoms with Crippen LogP contribution in [-0.2, 0) is 0 Å². The van der Waals surface area contributed by atoms with Gasteiger partial charge in [0, 0.05) is 22.7 Å². The lowest BCUT2D eigenvalue weighted by molar-refractivity contribution is 0.0929. The molecule has 0 unspecified atom stereocenters. The van der Waals surface area contributed by atoms with E-state index >= 15 is 0 Å². The molecule has 1 N–H and O–H groups in total. The van der Waals surface area contributed by atoms with E-state index in [2.05, 4.69) is 17.5 Å². The van der Waals surface area contributed by atoms with Gasteiger partial charge in [-0.1, -0.05) is 43.3 Å². The number of para-hydroxylation sites is 2. The summed E-state index contributed by atoms with van der Waals surface area (Å²) in [6.45, 7) is 2.74. The van der Waals surface area contributed by atoms with Crippen molar-refractivity contribution in [3.63, 3.8) is 0 Å². The van der Waals surface area contributed by atoms with Crippen LogP contribution in [0, 0.1) is 0 Å². The third-order valence-electron chi connectivity index (χ3n) is 5.38. The summed E-state index contributed by atoms with van der Waals surface area (Å²) in [5.74, 6) is 0.588. The molecule has 0 atom stereocenters. The third kappa shape index (κ3) is 4.99. The number of hydrogen-bond donors (Lipinski definition) is 1. The van der Waals surface area contributed by atoms with E-state index in [-0.39, 0.29) is 5.76 Å². The van der Waals surface area contributed by atoms with Gasteiger partial charge in [0.1, 0.15) is 17.0 Å². The van der Waals surface area contributed by atoms with Gasteiger partial charge in [0.25, 0.3) is 0 Å². The predicted octanol–water partition coefficient (Wildman–Crippen LogP) is 5.84. The van der Waals surface area contributed by atoms with Crippen molar-refractivity contribution in [2.75, 3.05) is 6.61 Å². The summed E-state index contributed by atoms with van der Waals surface area (Å²) in [6.07, 6.45) is 4.41. The molecule has 174 valence electrons. The molecule has 1 amide bonds. The van der Waals surface area contributed by atoms with E-state index in [1.807, 2.05) is 85.1 Å². The van der Waals surface area contributed by atoms with E-state index in [9.17, 15) is 4.79 Å². The molecular weight excluding hydrogens is 440 g/mol. The number of ether oxygens (including phenoxy) is 1. The second-order valence-corrected chi connectivity index (χ2v) is 7.93. The van der Waals surface area contributed by atoms with Crippen LogP contribution in [0.5, 0.6) is 5.75 Å². The molecule has 0 saturated heterocycles. The Labute approximate surface area is 202 Å². The van der Waals surface area contributed by atoms with Crippen LogP contribution in [0.15, 0.2) is 101 Å². The van der Waals surface area contributed by atoms with Gasteiger partial charge in [0.2, 0.25) is 0 Å². The molecule has 0 fully saturated rings. The first-order chi connectivity index (χ1) is 17.2. The highest BCUT2D eigenvalue weighted by molar-refractivity contribution is 5.97. The summed E-state index contributed by atoms with van der Waals surface area (Å²) in [5.41, 5.74) is 6.51. The number of hydrogen-bond acceptors (Lipinski definition) is 5. The maximum Gasteiger partial charge on any atom is 0.307 e. The SMILES string of the molecule is CCCOc1ccc(-c2nn(-c3ccccc3)cc2/C=N/NC(=O)c2cc3ccccc3o2)cc1. The van der Waals surface area contributed by atoms with Crippen LogP contribution in [0.2, 0.25) is 0 Å². The number of carbonyl (C=O) groups is 1. The van der Waals surface area contributed by atoms with Crippen molar-refractivity contribution >= 4 is 23.1 Å². The first kappa shape index (κ1) is 22.2. The number of hydrazone groups is 1. The van der Waals surface area contributed by atoms with Gasteiger partial charge in [0.05, 0.1) is 18.5 Å². The van der Waals surface area contributed by atoms with E-state index in [1.165, 1.54) is 0 Å². The van der Waals surface area contributed by atoms with Gasteiger partial charge < -0.3 is 9.15 Å². The molecule has 5 aromatic rings. The zero-order valence-electron chi connectivity index (χ0n) is 19.2. The molecule has 2 heterocycles. The molecule has 0 spiro atoms. The number of rotatable bonds is 8. The van der Waals surface area contributed by atoms with Crippen molar-refractivity contribution in [1.82, 2.24) is 15.2 Å². The van der Waals surface area contributed by atoms with Crippen molar-refractivity contribution < 1.29 is 13.9 Å². The molecule has 0 aliphatic rings. The van der Waals surface area contributed by atoms with Crippen molar-refractivity contribution in [2.24, 2.45) is 5.10 Å². The largest absolute Gasteiger partial charge is 0.494 e. The number of fused-ring (bicyclic) bond motifs is 1. The number of carbonyl (C=O) groups excluding carboxylic acids is 1. The quantitative estimate of drug-likeness (QED) is 0.231. The van der Waals surface area contributed by atoms with E-state index < -0.39 is 5.91 Å². The average Bonchev–Trinajstić information content (AvgIpc) is 3.53. The predicted molar refractivity (Wildman–Crippen MR) is 136 cm³/mol. The van der Waals surface area contributed by atoms with Crippen LogP contribution in [0.3, 0.4) is 0 Å². The highest BCUT2D eigenvalue weighted by atomic mass is 16.5. The summed E-state index contributed by atoms with van der Waals surface area (Å²) in [6, 6.07) is 26.8. The first-order valence-electron chi connectivity index (χ1n) is 11.4. The van der Waals surface area contributed by atoms with Gasteiger partial charge in [-0.15, -0.1) is 0 Å². The minimum atomic E-state index is -0.424. The Morgan fingerprint density at radius 2 is 1.83 bits per heavy atom. The topological polar surface area (TPSA) is 81.6 Å². The molecule has 0 aliphatic carbocycles. The lowest BCUT2D eigenvalue weighted by atomic mass is 10.1. The fourth-order valence-corrected chi connectivity index (χ4v) is 3.66. The maximum atomic E-state index is 12.6. The highest BCUT2D eigenvalue weighted by Crippen LogP contribution is 2.25. The van der Waals surface area contributed by atoms with Crippen LogP contribution in [0.4, 0.5) is 0 Å². The molecule has 5 rings (SSSR count). The molecule has 7 heteroatoms. The lowest BCUT2D eigenvalue weighted by Gasteiger charge is -2.05. The number of furan rings is 1. The Morgan fingerprint density at radius 1 is 1.06 bits per heavy atom. The molecule has 35 heavy (non-hydrogen) atoms. The van der Waals surface area contributed by atoms with Gasteiger partial charge in [-0.05, 0) is 55.0 Å². The van der Waals surface area contributed by atoms with Gasteiger partial charge in [-0.2, -0.15) is 10.2 Å². The number of benzene rings is 3. The monoisotopic (exact) mass is 464 g/mol. The Balaban J connectivity index is 1.41. The van der Waals surface area contributed by atoms with Crippen LogP contribution < -0.4 is 10.2 Å². The van der Waals surface area contributed by atoms with E-state index in [4.69, 9.17) is 14.3 Å². The molecule has 0 saturated carbocycles. The second kappa shape index (κ2) is 10.1. The molecule has 0 aliphatic heterocycles. The Morgan fingerprint density at radius 3 is 2.60 bits per heavy atom. The summed E-state index contributed by atoms with van der Waals surface area (Å²) in [7, 11) is 0. The normalized spacial score (nSPS) is 11.2. The highest BCUT2D eigenvalue weighted by Gasteiger charge is 2.13. The summed E-state index contributed by atoms with van der Waals surface area (Å²) < 4.78 is 13.1. The lowest BCUT2D eigenvalue weighted by Crippen LogP contribution is -2.16. The third-order valence-corrected chi connectivity index (χ3v) is 5.38. The van der Waals surface area contributed by atoms with E-state index in [0.717, 1.165) is 40.1 Å². The molecule has 3 aromatic carbocycles. The first-order valence-corrected chi connectivity index (χ1v) is 11.4. The van der Waals surface area contributed by atoms with Gasteiger partial charge in [-0.25, -0.2) is 10.1 Å². The maximum absolute atomic E-state index is 12.6. The van der Waals surface area contributed by atoms with E-state index in [0.29, 0.717) is 12.2 Å². The Hall–Kier alpha value is -4.65.